The lowest BCUT2D eigenvalue weighted by Gasteiger charge is -2.22. The molecular weight excluding hydrogens is 394 g/mol. The zero-order valence-electron chi connectivity index (χ0n) is 17.4. The van der Waals surface area contributed by atoms with Crippen LogP contribution < -0.4 is 20.1 Å². The number of amides is 1. The van der Waals surface area contributed by atoms with Crippen LogP contribution in [0.1, 0.15) is 32.2 Å². The molecule has 8 heteroatoms. The van der Waals surface area contributed by atoms with E-state index in [1.165, 1.54) is 12.8 Å². The number of anilines is 1. The molecule has 2 aromatic heterocycles. The Bertz CT molecular complexity index is 1170. The number of nitrogens with one attached hydrogen (secondary N) is 2. The van der Waals surface area contributed by atoms with E-state index in [2.05, 4.69) is 32.3 Å². The van der Waals surface area contributed by atoms with Gasteiger partial charge in [0.05, 0.1) is 24.1 Å². The topological polar surface area (TPSA) is 90.3 Å². The van der Waals surface area contributed by atoms with Gasteiger partial charge in [0.15, 0.2) is 11.6 Å². The van der Waals surface area contributed by atoms with E-state index in [4.69, 9.17) is 14.5 Å². The Morgan fingerprint density at radius 1 is 1.26 bits per heavy atom. The Balaban J connectivity index is 1.41. The van der Waals surface area contributed by atoms with Gasteiger partial charge in [-0.05, 0) is 44.0 Å². The van der Waals surface area contributed by atoms with E-state index >= 15 is 0 Å². The van der Waals surface area contributed by atoms with Crippen molar-refractivity contribution in [2.24, 2.45) is 5.92 Å². The first-order valence-corrected chi connectivity index (χ1v) is 11.0. The number of fused-ring (bicyclic) bond motifs is 2. The van der Waals surface area contributed by atoms with Crippen LogP contribution in [0.15, 0.2) is 30.6 Å². The fourth-order valence-corrected chi connectivity index (χ4v) is 4.44. The Kier molecular flexibility index (Phi) is 4.26. The van der Waals surface area contributed by atoms with Gasteiger partial charge in [-0.15, -0.1) is 0 Å². The Hall–Kier alpha value is -3.29. The zero-order valence-corrected chi connectivity index (χ0v) is 17.4. The number of ether oxygens (including phenoxy) is 2. The van der Waals surface area contributed by atoms with Crippen LogP contribution in [0.4, 0.5) is 5.82 Å². The molecule has 0 bridgehead atoms. The van der Waals surface area contributed by atoms with E-state index in [0.717, 1.165) is 46.2 Å². The summed E-state index contributed by atoms with van der Waals surface area (Å²) in [6.45, 7) is 4.09. The molecule has 3 aromatic rings. The number of nitrogens with zero attached hydrogens (tertiary/aromatic N) is 3. The molecule has 1 aromatic carbocycles. The molecule has 31 heavy (non-hydrogen) atoms. The molecule has 1 saturated carbocycles. The van der Waals surface area contributed by atoms with Crippen LogP contribution in [0.3, 0.4) is 0 Å². The maximum atomic E-state index is 11.7. The number of rotatable bonds is 5. The predicted molar refractivity (Wildman–Crippen MR) is 116 cm³/mol. The largest absolute Gasteiger partial charge is 0.488 e. The summed E-state index contributed by atoms with van der Waals surface area (Å²) in [6.07, 6.45) is 4.67. The number of carbonyl (C=O) groups excluding carboxylic acids is 1. The molecule has 1 saturated heterocycles. The zero-order chi connectivity index (χ0) is 20.9. The van der Waals surface area contributed by atoms with Crippen LogP contribution in [-0.2, 0) is 4.79 Å². The van der Waals surface area contributed by atoms with Crippen LogP contribution in [0.2, 0.25) is 0 Å². The summed E-state index contributed by atoms with van der Waals surface area (Å²) in [4.78, 5) is 21.1. The Morgan fingerprint density at radius 3 is 2.97 bits per heavy atom. The van der Waals surface area contributed by atoms with E-state index in [-0.39, 0.29) is 17.9 Å². The molecule has 6 rings (SSSR count). The molecule has 2 fully saturated rings. The molecule has 160 valence electrons. The van der Waals surface area contributed by atoms with Crippen LogP contribution >= 0.6 is 0 Å². The van der Waals surface area contributed by atoms with Crippen molar-refractivity contribution >= 4 is 22.8 Å². The van der Waals surface area contributed by atoms with Crippen molar-refractivity contribution in [1.82, 2.24) is 19.9 Å². The normalized spacial score (nSPS) is 21.2. The molecule has 2 N–H and O–H groups in total. The lowest BCUT2D eigenvalue weighted by Crippen LogP contribution is -2.25. The Labute approximate surface area is 180 Å². The second-order valence-corrected chi connectivity index (χ2v) is 8.63. The van der Waals surface area contributed by atoms with Gasteiger partial charge < -0.3 is 24.7 Å². The monoisotopic (exact) mass is 419 g/mol. The highest BCUT2D eigenvalue weighted by Gasteiger charge is 2.30. The summed E-state index contributed by atoms with van der Waals surface area (Å²) < 4.78 is 14.4. The van der Waals surface area contributed by atoms with Gasteiger partial charge in [0.2, 0.25) is 5.91 Å². The molecule has 1 amide bonds. The number of carbonyl (C=O) groups is 1. The first kappa shape index (κ1) is 18.5. The van der Waals surface area contributed by atoms with Crippen molar-refractivity contribution in [1.29, 1.82) is 0 Å². The molecule has 0 unspecified atom stereocenters. The highest BCUT2D eigenvalue weighted by molar-refractivity contribution is 5.88. The van der Waals surface area contributed by atoms with E-state index < -0.39 is 0 Å². The maximum absolute atomic E-state index is 11.7. The lowest BCUT2D eigenvalue weighted by atomic mass is 10.0. The summed E-state index contributed by atoms with van der Waals surface area (Å²) in [7, 11) is 0. The minimum Gasteiger partial charge on any atom is -0.488 e. The van der Waals surface area contributed by atoms with E-state index in [9.17, 15) is 4.79 Å². The summed E-state index contributed by atoms with van der Waals surface area (Å²) in [5, 5.41) is 6.21. The van der Waals surface area contributed by atoms with Crippen molar-refractivity contribution in [3.63, 3.8) is 0 Å². The van der Waals surface area contributed by atoms with Gasteiger partial charge in [0, 0.05) is 30.5 Å². The van der Waals surface area contributed by atoms with Gasteiger partial charge in [0.25, 0.3) is 0 Å². The van der Waals surface area contributed by atoms with Crippen molar-refractivity contribution in [2.45, 2.75) is 38.3 Å². The van der Waals surface area contributed by atoms with Crippen molar-refractivity contribution in [3.05, 3.63) is 30.6 Å². The average molecular weight is 419 g/mol. The van der Waals surface area contributed by atoms with Crippen molar-refractivity contribution < 1.29 is 14.3 Å². The number of imidazole rings is 1. The van der Waals surface area contributed by atoms with E-state index in [0.29, 0.717) is 25.6 Å². The minimum absolute atomic E-state index is 0.0912. The number of hydrogen-bond donors (Lipinski definition) is 2. The molecule has 1 aliphatic carbocycles. The second kappa shape index (κ2) is 7.14. The SMILES string of the molecule is C[C@@H](Oc1cc(-c2ccc3c(n2)NCCO3)cc2ncn(C3CC3)c12)[C@H]1CNC(=O)C1. The van der Waals surface area contributed by atoms with E-state index in [1.54, 1.807) is 0 Å². The quantitative estimate of drug-likeness (QED) is 0.660. The third kappa shape index (κ3) is 3.36. The fourth-order valence-electron chi connectivity index (χ4n) is 4.44. The number of benzene rings is 1. The summed E-state index contributed by atoms with van der Waals surface area (Å²) in [6, 6.07) is 8.55. The number of hydrogen-bond acceptors (Lipinski definition) is 6. The Morgan fingerprint density at radius 2 is 2.16 bits per heavy atom. The van der Waals surface area contributed by atoms with Crippen molar-refractivity contribution in [2.75, 3.05) is 25.0 Å². The van der Waals surface area contributed by atoms with Gasteiger partial charge in [-0.2, -0.15) is 0 Å². The molecule has 0 spiro atoms. The van der Waals surface area contributed by atoms with Gasteiger partial charge >= 0.3 is 0 Å². The predicted octanol–water partition coefficient (Wildman–Crippen LogP) is 3.14. The van der Waals surface area contributed by atoms with Gasteiger partial charge in [-0.1, -0.05) is 0 Å². The molecule has 4 heterocycles. The summed E-state index contributed by atoms with van der Waals surface area (Å²) >= 11 is 0. The van der Waals surface area contributed by atoms with E-state index in [1.807, 2.05) is 25.4 Å². The number of pyridine rings is 1. The minimum atomic E-state index is -0.0912. The first-order valence-electron chi connectivity index (χ1n) is 11.0. The highest BCUT2D eigenvalue weighted by Crippen LogP contribution is 2.42. The van der Waals surface area contributed by atoms with Crippen LogP contribution in [0.25, 0.3) is 22.3 Å². The molecular formula is C23H25N5O3. The second-order valence-electron chi connectivity index (χ2n) is 8.63. The third-order valence-electron chi connectivity index (χ3n) is 6.37. The average Bonchev–Trinajstić information content (AvgIpc) is 3.39. The van der Waals surface area contributed by atoms with Gasteiger partial charge in [-0.25, -0.2) is 9.97 Å². The van der Waals surface area contributed by atoms with Crippen LogP contribution in [0, 0.1) is 5.92 Å². The molecule has 2 aliphatic heterocycles. The van der Waals surface area contributed by atoms with Gasteiger partial charge in [0.1, 0.15) is 24.0 Å². The van der Waals surface area contributed by atoms with Crippen LogP contribution in [-0.4, -0.2) is 46.2 Å². The first-order chi connectivity index (χ1) is 15.2. The third-order valence-corrected chi connectivity index (χ3v) is 6.37. The van der Waals surface area contributed by atoms with Crippen LogP contribution in [0.5, 0.6) is 11.5 Å². The highest BCUT2D eigenvalue weighted by atomic mass is 16.5. The summed E-state index contributed by atoms with van der Waals surface area (Å²) in [5.74, 6) is 2.59. The molecule has 3 aliphatic rings. The maximum Gasteiger partial charge on any atom is 0.220 e. The molecule has 2 atom stereocenters. The summed E-state index contributed by atoms with van der Waals surface area (Å²) in [5.41, 5.74) is 3.71. The molecule has 8 nitrogen and oxygen atoms in total. The van der Waals surface area contributed by atoms with Gasteiger partial charge in [-0.3, -0.25) is 4.79 Å². The lowest BCUT2D eigenvalue weighted by molar-refractivity contribution is -0.119. The molecule has 0 radical (unpaired) electrons. The standard InChI is InChI=1S/C23H25N5O3/c1-13(15-10-21(29)25-11-15)31-20-9-14(8-18-22(20)28(12-26-18)16-2-3-16)17-4-5-19-23(27-17)24-6-7-30-19/h4-5,8-9,12-13,15-16H,2-3,6-7,10-11H2,1H3,(H,24,27)(H,25,29)/t13-,15-/m1/s1. The number of aromatic nitrogens is 3. The fraction of sp³-hybridized carbons (Fsp3) is 0.435. The smallest absolute Gasteiger partial charge is 0.220 e. The van der Waals surface area contributed by atoms with Crippen molar-refractivity contribution in [3.8, 4) is 22.8 Å².